The molecule has 23 heavy (non-hydrogen) atoms. The number of rotatable bonds is 5. The number of anilines is 1. The van der Waals surface area contributed by atoms with Crippen LogP contribution in [0.5, 0.6) is 0 Å². The van der Waals surface area contributed by atoms with Gasteiger partial charge in [0.2, 0.25) is 0 Å². The fraction of sp³-hybridized carbons (Fsp3) is 0.188. The van der Waals surface area contributed by atoms with Gasteiger partial charge < -0.3 is 10.6 Å². The van der Waals surface area contributed by atoms with Crippen molar-refractivity contribution in [2.24, 2.45) is 0 Å². The predicted molar refractivity (Wildman–Crippen MR) is 89.0 cm³/mol. The molecule has 2 heterocycles. The van der Waals surface area contributed by atoms with Crippen molar-refractivity contribution >= 4 is 28.5 Å². The molecule has 0 aliphatic rings. The van der Waals surface area contributed by atoms with Crippen LogP contribution in [0.3, 0.4) is 0 Å². The third-order valence-electron chi connectivity index (χ3n) is 3.46. The summed E-state index contributed by atoms with van der Waals surface area (Å²) in [7, 11) is 1.84. The summed E-state index contributed by atoms with van der Waals surface area (Å²) in [6.45, 7) is 0.611. The van der Waals surface area contributed by atoms with Gasteiger partial charge in [-0.3, -0.25) is 4.98 Å². The van der Waals surface area contributed by atoms with Gasteiger partial charge in [0.05, 0.1) is 16.6 Å². The highest BCUT2D eigenvalue weighted by Gasteiger charge is 2.15. The molecule has 0 radical (unpaired) electrons. The Hall–Kier alpha value is -2.31. The summed E-state index contributed by atoms with van der Waals surface area (Å²) in [6, 6.07) is 8.23. The minimum atomic E-state index is -0.437. The molecule has 0 spiro atoms. The maximum Gasteiger partial charge on any atom is 0.156 e. The number of likely N-dealkylation sites (N-methyl/N-ethyl adjacent to an activating group) is 1. The van der Waals surface area contributed by atoms with Crippen molar-refractivity contribution in [3.8, 4) is 0 Å². The van der Waals surface area contributed by atoms with Gasteiger partial charge in [-0.1, -0.05) is 17.7 Å². The van der Waals surface area contributed by atoms with E-state index in [1.807, 2.05) is 19.2 Å². The quantitative estimate of drug-likeness (QED) is 0.751. The molecule has 0 amide bonds. The lowest BCUT2D eigenvalue weighted by Gasteiger charge is -2.20. The minimum Gasteiger partial charge on any atom is -0.360 e. The monoisotopic (exact) mass is 331 g/mol. The number of fused-ring (bicyclic) bond motifs is 1. The standard InChI is InChI=1S/C16H15ClFN5/c1-19-8-14(10-4-5-12(18)11(17)7-10)23-16-15-13(21-9-22-16)3-2-6-20-15/h2-7,9,14,19H,8H2,1H3,(H,21,22,23)/t14-/m1/s1. The first kappa shape index (κ1) is 15.6. The van der Waals surface area contributed by atoms with Crippen LogP contribution in [0.2, 0.25) is 5.02 Å². The molecule has 5 nitrogen and oxygen atoms in total. The number of benzene rings is 1. The van der Waals surface area contributed by atoms with E-state index in [2.05, 4.69) is 25.6 Å². The molecule has 0 saturated heterocycles. The van der Waals surface area contributed by atoms with Crippen LogP contribution in [0.4, 0.5) is 10.2 Å². The van der Waals surface area contributed by atoms with Gasteiger partial charge in [0.25, 0.3) is 0 Å². The lowest BCUT2D eigenvalue weighted by molar-refractivity contribution is 0.624. The summed E-state index contributed by atoms with van der Waals surface area (Å²) in [5.41, 5.74) is 2.29. The van der Waals surface area contributed by atoms with Gasteiger partial charge in [-0.2, -0.15) is 0 Å². The number of hydrogen-bond donors (Lipinski definition) is 2. The molecule has 0 fully saturated rings. The van der Waals surface area contributed by atoms with Gasteiger partial charge in [0.1, 0.15) is 17.7 Å². The summed E-state index contributed by atoms with van der Waals surface area (Å²) < 4.78 is 13.4. The van der Waals surface area contributed by atoms with E-state index in [1.54, 1.807) is 18.3 Å². The van der Waals surface area contributed by atoms with Crippen LogP contribution in [0.15, 0.2) is 42.9 Å². The van der Waals surface area contributed by atoms with Gasteiger partial charge in [-0.05, 0) is 36.9 Å². The van der Waals surface area contributed by atoms with Crippen molar-refractivity contribution in [1.82, 2.24) is 20.3 Å². The summed E-state index contributed by atoms with van der Waals surface area (Å²) in [6.07, 6.45) is 3.18. The van der Waals surface area contributed by atoms with Crippen LogP contribution in [0.25, 0.3) is 11.0 Å². The van der Waals surface area contributed by atoms with Crippen LogP contribution >= 0.6 is 11.6 Å². The number of pyridine rings is 1. The van der Waals surface area contributed by atoms with Gasteiger partial charge in [0, 0.05) is 12.7 Å². The van der Waals surface area contributed by atoms with E-state index in [0.29, 0.717) is 17.9 Å². The number of halogens is 2. The number of hydrogen-bond acceptors (Lipinski definition) is 5. The molecule has 3 rings (SSSR count). The highest BCUT2D eigenvalue weighted by molar-refractivity contribution is 6.30. The second-order valence-corrected chi connectivity index (χ2v) is 5.43. The third kappa shape index (κ3) is 3.38. The Morgan fingerprint density at radius 3 is 2.87 bits per heavy atom. The SMILES string of the molecule is CNC[C@@H](Nc1ncnc2cccnc12)c1ccc(F)c(Cl)c1. The van der Waals surface area contributed by atoms with Crippen molar-refractivity contribution in [3.05, 3.63) is 59.3 Å². The van der Waals surface area contributed by atoms with E-state index in [1.165, 1.54) is 12.4 Å². The minimum absolute atomic E-state index is 0.0936. The molecule has 1 aromatic carbocycles. The van der Waals surface area contributed by atoms with Gasteiger partial charge >= 0.3 is 0 Å². The first-order valence-electron chi connectivity index (χ1n) is 7.11. The molecule has 0 aliphatic carbocycles. The van der Waals surface area contributed by atoms with Crippen molar-refractivity contribution < 1.29 is 4.39 Å². The molecule has 1 atom stereocenters. The van der Waals surface area contributed by atoms with Crippen LogP contribution in [0.1, 0.15) is 11.6 Å². The molecule has 2 aromatic heterocycles. The molecular formula is C16H15ClFN5. The smallest absolute Gasteiger partial charge is 0.156 e. The Labute approximate surface area is 137 Å². The van der Waals surface area contributed by atoms with Gasteiger partial charge in [0.15, 0.2) is 5.82 Å². The van der Waals surface area contributed by atoms with Crippen LogP contribution in [-0.4, -0.2) is 28.5 Å². The summed E-state index contributed by atoms with van der Waals surface area (Å²) in [5.74, 6) is 0.184. The molecule has 0 aliphatic heterocycles. The Bertz CT molecular complexity index is 821. The highest BCUT2D eigenvalue weighted by atomic mass is 35.5. The number of nitrogens with zero attached hydrogens (tertiary/aromatic N) is 3. The molecule has 7 heteroatoms. The average Bonchev–Trinajstić information content (AvgIpc) is 2.57. The molecule has 0 bridgehead atoms. The molecular weight excluding hydrogens is 317 g/mol. The highest BCUT2D eigenvalue weighted by Crippen LogP contribution is 2.25. The van der Waals surface area contributed by atoms with Crippen molar-refractivity contribution in [2.45, 2.75) is 6.04 Å². The van der Waals surface area contributed by atoms with E-state index < -0.39 is 5.82 Å². The Morgan fingerprint density at radius 1 is 1.22 bits per heavy atom. The second kappa shape index (κ2) is 6.85. The zero-order chi connectivity index (χ0) is 16.2. The zero-order valence-electron chi connectivity index (χ0n) is 12.4. The van der Waals surface area contributed by atoms with Crippen LogP contribution in [-0.2, 0) is 0 Å². The molecule has 3 aromatic rings. The summed E-state index contributed by atoms with van der Waals surface area (Å²) in [5, 5.41) is 6.53. The van der Waals surface area contributed by atoms with Crippen LogP contribution in [0, 0.1) is 5.82 Å². The predicted octanol–water partition coefficient (Wildman–Crippen LogP) is 3.19. The van der Waals surface area contributed by atoms with E-state index in [-0.39, 0.29) is 11.1 Å². The largest absolute Gasteiger partial charge is 0.360 e. The van der Waals surface area contributed by atoms with Crippen molar-refractivity contribution in [1.29, 1.82) is 0 Å². The van der Waals surface area contributed by atoms with E-state index in [4.69, 9.17) is 11.6 Å². The molecule has 0 saturated carbocycles. The Morgan fingerprint density at radius 2 is 2.09 bits per heavy atom. The number of nitrogens with one attached hydrogen (secondary N) is 2. The maximum atomic E-state index is 13.4. The Kier molecular flexibility index (Phi) is 4.64. The summed E-state index contributed by atoms with van der Waals surface area (Å²) in [4.78, 5) is 12.8. The van der Waals surface area contributed by atoms with Crippen molar-refractivity contribution in [2.75, 3.05) is 18.9 Å². The zero-order valence-corrected chi connectivity index (χ0v) is 13.2. The maximum absolute atomic E-state index is 13.4. The van der Waals surface area contributed by atoms with E-state index >= 15 is 0 Å². The molecule has 118 valence electrons. The third-order valence-corrected chi connectivity index (χ3v) is 3.75. The topological polar surface area (TPSA) is 62.7 Å². The number of aromatic nitrogens is 3. The van der Waals surface area contributed by atoms with Crippen molar-refractivity contribution in [3.63, 3.8) is 0 Å². The van der Waals surface area contributed by atoms with Crippen LogP contribution < -0.4 is 10.6 Å². The second-order valence-electron chi connectivity index (χ2n) is 5.02. The molecule has 2 N–H and O–H groups in total. The normalized spacial score (nSPS) is 12.3. The van der Waals surface area contributed by atoms with E-state index in [9.17, 15) is 4.39 Å². The molecule has 0 unspecified atom stereocenters. The lowest BCUT2D eigenvalue weighted by Crippen LogP contribution is -2.24. The summed E-state index contributed by atoms with van der Waals surface area (Å²) >= 11 is 5.89. The van der Waals surface area contributed by atoms with E-state index in [0.717, 1.165) is 11.1 Å². The Balaban J connectivity index is 1.96. The van der Waals surface area contributed by atoms with Gasteiger partial charge in [-0.25, -0.2) is 14.4 Å². The lowest BCUT2D eigenvalue weighted by atomic mass is 10.1. The first-order valence-corrected chi connectivity index (χ1v) is 7.48. The fourth-order valence-electron chi connectivity index (χ4n) is 2.35. The van der Waals surface area contributed by atoms with Gasteiger partial charge in [-0.15, -0.1) is 0 Å². The fourth-order valence-corrected chi connectivity index (χ4v) is 2.54. The first-order chi connectivity index (χ1) is 11.2. The average molecular weight is 332 g/mol.